The summed E-state index contributed by atoms with van der Waals surface area (Å²) in [5.74, 6) is 2.91. The van der Waals surface area contributed by atoms with Gasteiger partial charge in [-0.25, -0.2) is 0 Å². The highest BCUT2D eigenvalue weighted by Crippen LogP contribution is 2.61. The van der Waals surface area contributed by atoms with E-state index in [1.54, 1.807) is 0 Å². The molecule has 0 radical (unpaired) electrons. The fraction of sp³-hybridized carbons (Fsp3) is 1.00. The van der Waals surface area contributed by atoms with Crippen LogP contribution < -0.4 is 5.73 Å². The van der Waals surface area contributed by atoms with E-state index in [0.717, 1.165) is 24.3 Å². The zero-order chi connectivity index (χ0) is 9.47. The van der Waals surface area contributed by atoms with Gasteiger partial charge in [0.2, 0.25) is 0 Å². The van der Waals surface area contributed by atoms with Crippen molar-refractivity contribution in [1.82, 2.24) is 0 Å². The second kappa shape index (κ2) is 3.27. The molecule has 0 bridgehead atoms. The van der Waals surface area contributed by atoms with Gasteiger partial charge in [-0.1, -0.05) is 20.3 Å². The molecule has 4 atom stereocenters. The van der Waals surface area contributed by atoms with Gasteiger partial charge < -0.3 is 5.73 Å². The van der Waals surface area contributed by atoms with Crippen molar-refractivity contribution in [3.05, 3.63) is 0 Å². The van der Waals surface area contributed by atoms with Gasteiger partial charge in [0.25, 0.3) is 0 Å². The maximum atomic E-state index is 5.75. The quantitative estimate of drug-likeness (QED) is 0.712. The van der Waals surface area contributed by atoms with E-state index in [2.05, 4.69) is 13.8 Å². The molecule has 2 rings (SSSR count). The number of nitrogens with two attached hydrogens (primary N) is 1. The third-order valence-corrected chi connectivity index (χ3v) is 4.75. The second-order valence-electron chi connectivity index (χ2n) is 5.44. The molecule has 0 aromatic rings. The molecule has 2 aliphatic rings. The molecule has 0 aromatic heterocycles. The lowest BCUT2D eigenvalue weighted by molar-refractivity contribution is 0.0290. The molecule has 0 aliphatic heterocycles. The third-order valence-electron chi connectivity index (χ3n) is 4.75. The van der Waals surface area contributed by atoms with Crippen LogP contribution in [0.3, 0.4) is 0 Å². The van der Waals surface area contributed by atoms with Crippen LogP contribution in [0.2, 0.25) is 0 Å². The first-order chi connectivity index (χ1) is 6.21. The van der Waals surface area contributed by atoms with Gasteiger partial charge in [0, 0.05) is 0 Å². The lowest BCUT2D eigenvalue weighted by atomic mass is 9.59. The van der Waals surface area contributed by atoms with Gasteiger partial charge in [0.15, 0.2) is 0 Å². The Balaban J connectivity index is 1.98. The lowest BCUT2D eigenvalue weighted by Gasteiger charge is -2.47. The molecule has 0 saturated heterocycles. The van der Waals surface area contributed by atoms with E-state index >= 15 is 0 Å². The van der Waals surface area contributed by atoms with Gasteiger partial charge in [-0.05, 0) is 55.4 Å². The Labute approximate surface area is 82.1 Å². The van der Waals surface area contributed by atoms with E-state index in [1.165, 1.54) is 32.1 Å². The van der Waals surface area contributed by atoms with Gasteiger partial charge in [-0.15, -0.1) is 0 Å². The van der Waals surface area contributed by atoms with Crippen LogP contribution in [0, 0.1) is 23.2 Å². The smallest absolute Gasteiger partial charge is 0.00460 e. The van der Waals surface area contributed by atoms with Crippen LogP contribution in [0.1, 0.15) is 46.0 Å². The molecule has 76 valence electrons. The predicted octanol–water partition coefficient (Wildman–Crippen LogP) is 2.80. The summed E-state index contributed by atoms with van der Waals surface area (Å²) < 4.78 is 0. The Bertz CT molecular complexity index is 190. The first kappa shape index (κ1) is 9.51. The molecule has 1 unspecified atom stereocenters. The largest absolute Gasteiger partial charge is 0.330 e. The second-order valence-corrected chi connectivity index (χ2v) is 5.44. The number of hydrogen-bond acceptors (Lipinski definition) is 1. The van der Waals surface area contributed by atoms with E-state index in [1.807, 2.05) is 0 Å². The monoisotopic (exact) mass is 181 g/mol. The number of hydrogen-bond donors (Lipinski definition) is 1. The van der Waals surface area contributed by atoms with E-state index in [4.69, 9.17) is 5.73 Å². The third kappa shape index (κ3) is 1.32. The van der Waals surface area contributed by atoms with Crippen LogP contribution in [0.25, 0.3) is 0 Å². The van der Waals surface area contributed by atoms with E-state index in [0.29, 0.717) is 5.41 Å². The average Bonchev–Trinajstić information content (AvgIpc) is 2.25. The van der Waals surface area contributed by atoms with Crippen molar-refractivity contribution in [3.8, 4) is 0 Å². The zero-order valence-electron chi connectivity index (χ0n) is 9.05. The number of rotatable bonds is 3. The van der Waals surface area contributed by atoms with E-state index < -0.39 is 0 Å². The predicted molar refractivity (Wildman–Crippen MR) is 56.4 cm³/mol. The van der Waals surface area contributed by atoms with E-state index in [9.17, 15) is 0 Å². The Morgan fingerprint density at radius 3 is 2.85 bits per heavy atom. The SMILES string of the molecule is CCC[C@]1(C)CC[C@H]2C1C[C@H]2CN. The van der Waals surface area contributed by atoms with Crippen molar-refractivity contribution in [2.45, 2.75) is 46.0 Å². The highest BCUT2D eigenvalue weighted by atomic mass is 14.7. The zero-order valence-corrected chi connectivity index (χ0v) is 9.05. The van der Waals surface area contributed by atoms with Crippen LogP contribution in [0.4, 0.5) is 0 Å². The molecular formula is C12H23N. The Kier molecular flexibility index (Phi) is 2.39. The molecule has 0 heterocycles. The molecule has 13 heavy (non-hydrogen) atoms. The molecule has 0 aromatic carbocycles. The molecule has 2 N–H and O–H groups in total. The molecule has 2 fully saturated rings. The summed E-state index contributed by atoms with van der Waals surface area (Å²) in [7, 11) is 0. The molecule has 2 saturated carbocycles. The van der Waals surface area contributed by atoms with Gasteiger partial charge in [0.05, 0.1) is 0 Å². The summed E-state index contributed by atoms with van der Waals surface area (Å²) in [6.45, 7) is 5.76. The van der Waals surface area contributed by atoms with Gasteiger partial charge in [-0.2, -0.15) is 0 Å². The summed E-state index contributed by atoms with van der Waals surface area (Å²) in [6.07, 6.45) is 7.14. The van der Waals surface area contributed by atoms with Crippen LogP contribution in [0.15, 0.2) is 0 Å². The van der Waals surface area contributed by atoms with Crippen LogP contribution >= 0.6 is 0 Å². The summed E-state index contributed by atoms with van der Waals surface area (Å²) in [5.41, 5.74) is 6.44. The Hall–Kier alpha value is -0.0400. The Morgan fingerprint density at radius 1 is 1.46 bits per heavy atom. The van der Waals surface area contributed by atoms with Crippen molar-refractivity contribution in [2.75, 3.05) is 6.54 Å². The lowest BCUT2D eigenvalue weighted by Crippen LogP contribution is -2.43. The van der Waals surface area contributed by atoms with Crippen molar-refractivity contribution < 1.29 is 0 Å². The topological polar surface area (TPSA) is 26.0 Å². The minimum Gasteiger partial charge on any atom is -0.330 e. The van der Waals surface area contributed by atoms with Crippen LogP contribution in [-0.4, -0.2) is 6.54 Å². The van der Waals surface area contributed by atoms with Gasteiger partial charge in [0.1, 0.15) is 0 Å². The molecular weight excluding hydrogens is 158 g/mol. The van der Waals surface area contributed by atoms with Crippen LogP contribution in [0.5, 0.6) is 0 Å². The van der Waals surface area contributed by atoms with E-state index in [-0.39, 0.29) is 0 Å². The minimum absolute atomic E-state index is 0.686. The first-order valence-corrected chi connectivity index (χ1v) is 5.91. The van der Waals surface area contributed by atoms with Crippen LogP contribution in [-0.2, 0) is 0 Å². The van der Waals surface area contributed by atoms with Crippen molar-refractivity contribution >= 4 is 0 Å². The fourth-order valence-electron chi connectivity index (χ4n) is 3.88. The number of fused-ring (bicyclic) bond motifs is 1. The highest BCUT2D eigenvalue weighted by Gasteiger charge is 2.53. The molecule has 1 nitrogen and oxygen atoms in total. The Morgan fingerprint density at radius 2 is 2.23 bits per heavy atom. The standard InChI is InChI=1S/C12H23N/c1-3-5-12(2)6-4-10-9(8-13)7-11(10)12/h9-11H,3-8,13H2,1-2H3/t9-,10+,11?,12+/m0/s1. The molecule has 0 spiro atoms. The van der Waals surface area contributed by atoms with Gasteiger partial charge in [-0.3, -0.25) is 0 Å². The average molecular weight is 181 g/mol. The highest BCUT2D eigenvalue weighted by molar-refractivity contribution is 5.03. The van der Waals surface area contributed by atoms with Crippen molar-refractivity contribution in [2.24, 2.45) is 28.9 Å². The van der Waals surface area contributed by atoms with Gasteiger partial charge >= 0.3 is 0 Å². The summed E-state index contributed by atoms with van der Waals surface area (Å²) in [5, 5.41) is 0. The normalized spacial score (nSPS) is 48.7. The molecule has 1 heteroatoms. The molecule has 0 amide bonds. The molecule has 2 aliphatic carbocycles. The van der Waals surface area contributed by atoms with Crippen molar-refractivity contribution in [1.29, 1.82) is 0 Å². The summed E-state index contributed by atoms with van der Waals surface area (Å²) in [6, 6.07) is 0. The maximum Gasteiger partial charge on any atom is -0.00460 e. The first-order valence-electron chi connectivity index (χ1n) is 5.91. The summed E-state index contributed by atoms with van der Waals surface area (Å²) >= 11 is 0. The maximum absolute atomic E-state index is 5.75. The van der Waals surface area contributed by atoms with Crippen molar-refractivity contribution in [3.63, 3.8) is 0 Å². The fourth-order valence-corrected chi connectivity index (χ4v) is 3.88. The summed E-state index contributed by atoms with van der Waals surface area (Å²) in [4.78, 5) is 0. The minimum atomic E-state index is 0.686.